The Kier molecular flexibility index (Phi) is 34.2. The van der Waals surface area contributed by atoms with Gasteiger partial charge in [0.1, 0.15) is 24.1 Å². The number of rotatable bonds is 14. The van der Waals surface area contributed by atoms with Crippen LogP contribution in [-0.2, 0) is 72.1 Å². The van der Waals surface area contributed by atoms with Crippen molar-refractivity contribution in [3.8, 4) is 34.2 Å². The predicted molar refractivity (Wildman–Crippen MR) is 437 cm³/mol. The van der Waals surface area contributed by atoms with Crippen LogP contribution in [0.1, 0.15) is 144 Å². The molecule has 0 spiro atoms. The maximum Gasteiger partial charge on any atom is 0.319 e. The van der Waals surface area contributed by atoms with Crippen LogP contribution in [0.5, 0.6) is 0 Å². The number of anilines is 6. The average molecular weight is 1520 g/mol. The van der Waals surface area contributed by atoms with E-state index in [1.54, 1.807) is 0 Å². The molecule has 9 aliphatic heterocycles. The molecule has 0 radical (unpaired) electrons. The second-order valence-electron chi connectivity index (χ2n) is 28.2. The van der Waals surface area contributed by atoms with Gasteiger partial charge in [0.15, 0.2) is 23.3 Å². The summed E-state index contributed by atoms with van der Waals surface area (Å²) < 4.78 is 33.4. The van der Waals surface area contributed by atoms with E-state index in [-0.39, 0.29) is 71.7 Å². The van der Waals surface area contributed by atoms with E-state index in [0.29, 0.717) is 77.2 Å². The van der Waals surface area contributed by atoms with Crippen molar-refractivity contribution in [3.63, 3.8) is 0 Å². The van der Waals surface area contributed by atoms with Crippen LogP contribution in [0.15, 0.2) is 72.8 Å². The highest BCUT2D eigenvalue weighted by Crippen LogP contribution is 2.37. The molecule has 6 saturated heterocycles. The van der Waals surface area contributed by atoms with Gasteiger partial charge >= 0.3 is 18.1 Å². The lowest BCUT2D eigenvalue weighted by Crippen LogP contribution is -2.47. The largest absolute Gasteiger partial charge is 0.380 e. The fourth-order valence-electron chi connectivity index (χ4n) is 14.8. The van der Waals surface area contributed by atoms with Crippen LogP contribution < -0.4 is 51.9 Å². The zero-order valence-electron chi connectivity index (χ0n) is 62.7. The van der Waals surface area contributed by atoms with Gasteiger partial charge < -0.3 is 80.3 Å². The van der Waals surface area contributed by atoms with Crippen LogP contribution in [0, 0.1) is 0 Å². The lowest BCUT2D eigenvalue weighted by atomic mass is 9.99. The molecule has 0 aliphatic carbocycles. The monoisotopic (exact) mass is 1520 g/mol. The third-order valence-corrected chi connectivity index (χ3v) is 20.5. The van der Waals surface area contributed by atoms with Gasteiger partial charge in [0.25, 0.3) is 0 Å². The zero-order valence-corrected chi connectivity index (χ0v) is 62.7. The minimum atomic E-state index is -0.208. The van der Waals surface area contributed by atoms with Gasteiger partial charge in [-0.3, -0.25) is 14.6 Å². The number of urea groups is 3. The Morgan fingerprint density at radius 1 is 0.427 bits per heavy atom. The molecule has 6 aromatic rings. The van der Waals surface area contributed by atoms with E-state index >= 15 is 0 Å². The molecule has 110 heavy (non-hydrogen) atoms. The Labute approximate surface area is 652 Å². The van der Waals surface area contributed by atoms with Crippen molar-refractivity contribution in [2.45, 2.75) is 179 Å². The molecule has 6 amide bonds. The summed E-state index contributed by atoms with van der Waals surface area (Å²) in [5.74, 6) is 5.53. The van der Waals surface area contributed by atoms with E-state index in [1.807, 2.05) is 93.6 Å². The predicted octanol–water partition coefficient (Wildman–Crippen LogP) is 11.2. The topological polar surface area (TPSA) is 301 Å². The Balaban J connectivity index is 0.000000195. The second kappa shape index (κ2) is 43.3. The van der Waals surface area contributed by atoms with Crippen LogP contribution in [0.2, 0.25) is 0 Å². The van der Waals surface area contributed by atoms with Crippen molar-refractivity contribution in [1.82, 2.24) is 61.0 Å². The van der Waals surface area contributed by atoms with Crippen molar-refractivity contribution in [2.75, 3.05) is 169 Å². The lowest BCUT2D eigenvalue weighted by molar-refractivity contribution is -0.126. The molecule has 3 aromatic heterocycles. The van der Waals surface area contributed by atoms with E-state index in [1.165, 1.54) is 29.5 Å². The lowest BCUT2D eigenvalue weighted by Gasteiger charge is -2.40. The number of carbonyl (C=O) groups excluding carboxylic acids is 4. The van der Waals surface area contributed by atoms with E-state index in [0.717, 1.165) is 223 Å². The first-order chi connectivity index (χ1) is 51.8. The standard InChI is InChI=1S/2C26H36N6O3.C21H28N6O2.C5H8O2.4CH4/c2*1-3-27-26(33)28-20-8-6-19(7-9-20)24-29-23-15-31(21-5-4-13-34-17-21)11-10-22(23)25(30-24)32-12-14-35-16-18(32)2;1-3-23-21(28)24-16-6-4-15(5-7-16)19-25-18-12-22-9-8-17(18)20(26-19)27-10-11-29-13-14(27)2;6-5-2-1-3-7-4-5;;;;/h2*6-9,18,21H,3-5,10-17H2,1-2H3,(H2,27,28,33);4-7,14,22H,3,8-13H2,1-2H3,(H2,23,24,28);1-4H2;4*1H4/t18-,21+;18-,21-;14-;;;;;/m000...../s1. The van der Waals surface area contributed by atoms with E-state index in [2.05, 4.69) is 82.5 Å². The van der Waals surface area contributed by atoms with E-state index < -0.39 is 0 Å². The van der Waals surface area contributed by atoms with Gasteiger partial charge in [-0.05, 0) is 172 Å². The summed E-state index contributed by atoms with van der Waals surface area (Å²) in [6.45, 7) is 30.6. The third kappa shape index (κ3) is 23.0. The molecular weight excluding hydrogens is 1400 g/mol. The summed E-state index contributed by atoms with van der Waals surface area (Å²) in [5.41, 5.74) is 12.1. The van der Waals surface area contributed by atoms with Crippen LogP contribution in [-0.4, -0.2) is 232 Å². The highest BCUT2D eigenvalue weighted by molar-refractivity contribution is 5.91. The quantitative estimate of drug-likeness (QED) is 0.0533. The first-order valence-electron chi connectivity index (χ1n) is 38.4. The van der Waals surface area contributed by atoms with Gasteiger partial charge in [-0.15, -0.1) is 0 Å². The highest BCUT2D eigenvalue weighted by atomic mass is 16.5. The fraction of sp³-hybridized carbons (Fsp3) is 0.585. The van der Waals surface area contributed by atoms with Crippen molar-refractivity contribution < 1.29 is 47.6 Å². The number of morpholine rings is 3. The molecule has 5 atom stereocenters. The molecule has 3 aromatic carbocycles. The Morgan fingerprint density at radius 2 is 0.782 bits per heavy atom. The molecule has 0 bridgehead atoms. The maximum absolute atomic E-state index is 11.9. The molecule has 9 aliphatic rings. The Hall–Kier alpha value is -8.58. The van der Waals surface area contributed by atoms with Gasteiger partial charge in [-0.2, -0.15) is 0 Å². The molecule has 7 N–H and O–H groups in total. The molecule has 28 heteroatoms. The number of ketones is 1. The maximum atomic E-state index is 11.9. The Bertz CT molecular complexity index is 3710. The number of nitrogens with one attached hydrogen (secondary N) is 7. The van der Waals surface area contributed by atoms with Crippen molar-refractivity contribution in [3.05, 3.63) is 107 Å². The van der Waals surface area contributed by atoms with Gasteiger partial charge in [-0.25, -0.2) is 44.3 Å². The van der Waals surface area contributed by atoms with Crippen LogP contribution in [0.4, 0.5) is 48.9 Å². The number of amides is 6. The molecule has 0 unspecified atom stereocenters. The number of hydrogen-bond donors (Lipinski definition) is 7. The second-order valence-corrected chi connectivity index (χ2v) is 28.2. The van der Waals surface area contributed by atoms with Gasteiger partial charge in [0, 0.05) is 161 Å². The summed E-state index contributed by atoms with van der Waals surface area (Å²) in [6, 6.07) is 24.3. The fourth-order valence-corrected chi connectivity index (χ4v) is 14.8. The number of nitrogens with zero attached hydrogens (tertiary/aromatic N) is 11. The van der Waals surface area contributed by atoms with Gasteiger partial charge in [-0.1, -0.05) is 29.7 Å². The SMILES string of the molecule is C.C.C.C.CCNC(=O)Nc1ccc(-c2nc3c(c(N4CCOC[C@@H]4C)n2)CCN([C@@H]2CCCOC2)C3)cc1.CCNC(=O)Nc1ccc(-c2nc3c(c(N4CCOC[C@@H]4C)n2)CCN([C@H]2CCCOC2)C3)cc1.CCNC(=O)Nc1ccc(-c2nc3c(c(N4CCOC[C@@H]4C)n2)CCNC3)cc1.O=C1CCCOC1. The summed E-state index contributed by atoms with van der Waals surface area (Å²) >= 11 is 0. The molecular formula is C82H124N18O10. The zero-order chi connectivity index (χ0) is 73.7. The summed E-state index contributed by atoms with van der Waals surface area (Å²) in [6.07, 6.45) is 9.07. The first kappa shape index (κ1) is 87.0. The number of benzene rings is 3. The Morgan fingerprint density at radius 3 is 1.10 bits per heavy atom. The van der Waals surface area contributed by atoms with Crippen molar-refractivity contribution in [1.29, 1.82) is 0 Å². The van der Waals surface area contributed by atoms with Crippen LogP contribution in [0.25, 0.3) is 34.2 Å². The molecule has 28 nitrogen and oxygen atoms in total. The molecule has 6 fully saturated rings. The van der Waals surface area contributed by atoms with Crippen molar-refractivity contribution >= 4 is 58.4 Å². The number of fused-ring (bicyclic) bond motifs is 3. The number of Topliss-reactive ketones (excluding diaryl/α,β-unsaturated/α-hetero) is 1. The average Bonchev–Trinajstić information content (AvgIpc) is 0.777. The van der Waals surface area contributed by atoms with Gasteiger partial charge in [0.05, 0.1) is 88.1 Å². The smallest absolute Gasteiger partial charge is 0.319 e. The third-order valence-electron chi connectivity index (χ3n) is 20.5. The van der Waals surface area contributed by atoms with Gasteiger partial charge in [0.2, 0.25) is 0 Å². The minimum Gasteiger partial charge on any atom is -0.380 e. The van der Waals surface area contributed by atoms with E-state index in [9.17, 15) is 19.2 Å². The first-order valence-corrected chi connectivity index (χ1v) is 38.4. The summed E-state index contributed by atoms with van der Waals surface area (Å²) in [7, 11) is 0. The summed E-state index contributed by atoms with van der Waals surface area (Å²) in [5, 5.41) is 20.2. The highest BCUT2D eigenvalue weighted by Gasteiger charge is 2.35. The number of aromatic nitrogens is 6. The molecule has 15 rings (SSSR count). The number of ether oxygens (including phenoxy) is 6. The van der Waals surface area contributed by atoms with E-state index in [4.69, 9.17) is 58.3 Å². The number of hydrogen-bond acceptors (Lipinski definition) is 22. The van der Waals surface area contributed by atoms with Crippen molar-refractivity contribution in [2.24, 2.45) is 0 Å². The summed E-state index contributed by atoms with van der Waals surface area (Å²) in [4.78, 5) is 88.2. The minimum absolute atomic E-state index is 0. The molecule has 0 saturated carbocycles. The molecule has 602 valence electrons. The van der Waals surface area contributed by atoms with Crippen LogP contribution >= 0.6 is 0 Å². The normalized spacial score (nSPS) is 21.0. The number of carbonyl (C=O) groups is 4. The van der Waals surface area contributed by atoms with Crippen LogP contribution in [0.3, 0.4) is 0 Å². The molecule has 12 heterocycles.